The maximum absolute atomic E-state index is 13.1. The largest absolute Gasteiger partial charge is 0.507 e. The van der Waals surface area contributed by atoms with Gasteiger partial charge in [0.05, 0.1) is 23.2 Å². The van der Waals surface area contributed by atoms with Gasteiger partial charge in [-0.25, -0.2) is 0 Å². The Morgan fingerprint density at radius 1 is 1.13 bits per heavy atom. The second-order valence-corrected chi connectivity index (χ2v) is 8.48. The van der Waals surface area contributed by atoms with Gasteiger partial charge < -0.3 is 14.7 Å². The van der Waals surface area contributed by atoms with E-state index in [1.165, 1.54) is 0 Å². The molecule has 1 aromatic carbocycles. The molecule has 6 nitrogen and oxygen atoms in total. The number of Topliss-reactive ketones (excluding diaryl/α,β-unsaturated/α-hetero) is 1. The first-order chi connectivity index (χ1) is 14.5. The molecule has 1 amide bonds. The van der Waals surface area contributed by atoms with Crippen LogP contribution in [0.3, 0.4) is 0 Å². The summed E-state index contributed by atoms with van der Waals surface area (Å²) in [6, 6.07) is 8.02. The third-order valence-electron chi connectivity index (χ3n) is 5.90. The van der Waals surface area contributed by atoms with Crippen LogP contribution in [0.1, 0.15) is 49.3 Å². The maximum atomic E-state index is 13.1. The topological polar surface area (TPSA) is 79.7 Å². The Morgan fingerprint density at radius 3 is 2.47 bits per heavy atom. The number of amides is 1. The smallest absolute Gasteiger partial charge is 0.295 e. The zero-order valence-corrected chi connectivity index (χ0v) is 18.3. The predicted molar refractivity (Wildman–Crippen MR) is 116 cm³/mol. The Bertz CT molecular complexity index is 1000. The molecule has 1 aliphatic carbocycles. The highest BCUT2D eigenvalue weighted by Crippen LogP contribution is 2.43. The quantitative estimate of drug-likeness (QED) is 0.401. The second kappa shape index (κ2) is 8.60. The minimum absolute atomic E-state index is 0.0127. The molecule has 1 atom stereocenters. The summed E-state index contributed by atoms with van der Waals surface area (Å²) in [4.78, 5) is 31.9. The Hall–Kier alpha value is -2.67. The van der Waals surface area contributed by atoms with Crippen LogP contribution < -0.4 is 4.74 Å². The van der Waals surface area contributed by atoms with Crippen molar-refractivity contribution in [2.24, 2.45) is 0 Å². The summed E-state index contributed by atoms with van der Waals surface area (Å²) >= 11 is 3.42. The lowest BCUT2D eigenvalue weighted by Gasteiger charge is -2.35. The number of nitrogens with zero attached hydrogens (tertiary/aromatic N) is 2. The van der Waals surface area contributed by atoms with Crippen molar-refractivity contribution < 1.29 is 19.4 Å². The number of ether oxygens (including phenoxy) is 1. The van der Waals surface area contributed by atoms with Crippen LogP contribution in [0.25, 0.3) is 5.76 Å². The summed E-state index contributed by atoms with van der Waals surface area (Å²) in [5.41, 5.74) is 1.33. The first-order valence-electron chi connectivity index (χ1n) is 10.1. The number of halogens is 1. The van der Waals surface area contributed by atoms with Gasteiger partial charge in [0.15, 0.2) is 0 Å². The van der Waals surface area contributed by atoms with Crippen molar-refractivity contribution in [3.63, 3.8) is 0 Å². The molecule has 4 rings (SSSR count). The molecule has 0 spiro atoms. The van der Waals surface area contributed by atoms with Crippen molar-refractivity contribution in [1.82, 2.24) is 9.88 Å². The number of aliphatic hydroxyl groups excluding tert-OH is 1. The summed E-state index contributed by atoms with van der Waals surface area (Å²) in [6.07, 6.45) is 8.20. The normalized spacial score (nSPS) is 21.8. The SMILES string of the molecule is COc1ccc(/C(O)=C2/C(=O)C(=O)N(C3CCCCC3)C2c2ccncc2)cc1Br. The first kappa shape index (κ1) is 20.6. The number of aliphatic hydroxyl groups is 1. The van der Waals surface area contributed by atoms with Gasteiger partial charge in [-0.2, -0.15) is 0 Å². The van der Waals surface area contributed by atoms with Crippen molar-refractivity contribution in [2.75, 3.05) is 7.11 Å². The van der Waals surface area contributed by atoms with Gasteiger partial charge in [-0.1, -0.05) is 19.3 Å². The molecule has 30 heavy (non-hydrogen) atoms. The molecule has 7 heteroatoms. The summed E-state index contributed by atoms with van der Waals surface area (Å²) in [5, 5.41) is 11.1. The molecule has 2 fully saturated rings. The van der Waals surface area contributed by atoms with E-state index < -0.39 is 17.7 Å². The number of carbonyl (C=O) groups is 2. The lowest BCUT2D eigenvalue weighted by molar-refractivity contribution is -0.141. The molecule has 1 aliphatic heterocycles. The number of carbonyl (C=O) groups excluding carboxylic acids is 2. The minimum Gasteiger partial charge on any atom is -0.507 e. The van der Waals surface area contributed by atoms with Crippen molar-refractivity contribution in [1.29, 1.82) is 0 Å². The van der Waals surface area contributed by atoms with Gasteiger partial charge in [0.1, 0.15) is 11.5 Å². The number of hydrogen-bond acceptors (Lipinski definition) is 5. The fourth-order valence-electron chi connectivity index (χ4n) is 4.43. The number of methoxy groups -OCH3 is 1. The number of pyridine rings is 1. The zero-order valence-electron chi connectivity index (χ0n) is 16.7. The maximum Gasteiger partial charge on any atom is 0.295 e. The monoisotopic (exact) mass is 470 g/mol. The van der Waals surface area contributed by atoms with Gasteiger partial charge in [0.25, 0.3) is 11.7 Å². The Kier molecular flexibility index (Phi) is 5.90. The predicted octanol–water partition coefficient (Wildman–Crippen LogP) is 4.61. The van der Waals surface area contributed by atoms with Gasteiger partial charge in [-0.3, -0.25) is 14.6 Å². The first-order valence-corrected chi connectivity index (χ1v) is 10.9. The van der Waals surface area contributed by atoms with Crippen LogP contribution in [0, 0.1) is 0 Å². The van der Waals surface area contributed by atoms with E-state index in [9.17, 15) is 14.7 Å². The highest BCUT2D eigenvalue weighted by atomic mass is 79.9. The Balaban J connectivity index is 1.85. The van der Waals surface area contributed by atoms with Crippen LogP contribution >= 0.6 is 15.9 Å². The molecule has 2 heterocycles. The summed E-state index contributed by atoms with van der Waals surface area (Å²) in [5.74, 6) is -0.763. The number of ketones is 1. The van der Waals surface area contributed by atoms with Crippen molar-refractivity contribution in [3.05, 3.63) is 63.9 Å². The molecule has 2 aliphatic rings. The molecular formula is C23H23BrN2O4. The van der Waals surface area contributed by atoms with Crippen molar-refractivity contribution >= 4 is 33.4 Å². The number of benzene rings is 1. The Morgan fingerprint density at radius 2 is 1.83 bits per heavy atom. The van der Waals surface area contributed by atoms with Gasteiger partial charge >= 0.3 is 0 Å². The molecule has 0 bridgehead atoms. The van der Waals surface area contributed by atoms with E-state index in [2.05, 4.69) is 20.9 Å². The van der Waals surface area contributed by atoms with E-state index in [0.29, 0.717) is 15.8 Å². The summed E-state index contributed by atoms with van der Waals surface area (Å²) in [6.45, 7) is 0. The van der Waals surface area contributed by atoms with Crippen LogP contribution in [0.4, 0.5) is 0 Å². The van der Waals surface area contributed by atoms with Crippen LogP contribution in [0.15, 0.2) is 52.8 Å². The van der Waals surface area contributed by atoms with Crippen LogP contribution in [-0.4, -0.2) is 39.8 Å². The fraction of sp³-hybridized carbons (Fsp3) is 0.348. The Labute approximate surface area is 183 Å². The molecule has 156 valence electrons. The summed E-state index contributed by atoms with van der Waals surface area (Å²) < 4.78 is 5.90. The van der Waals surface area contributed by atoms with Crippen molar-refractivity contribution in [2.45, 2.75) is 44.2 Å². The number of likely N-dealkylation sites (tertiary alicyclic amines) is 1. The number of rotatable bonds is 4. The van der Waals surface area contributed by atoms with Gasteiger partial charge in [0.2, 0.25) is 0 Å². The highest BCUT2D eigenvalue weighted by molar-refractivity contribution is 9.10. The average molecular weight is 471 g/mol. The number of aromatic nitrogens is 1. The molecule has 2 aromatic rings. The van der Waals surface area contributed by atoms with E-state index >= 15 is 0 Å². The van der Waals surface area contributed by atoms with Crippen LogP contribution in [0.5, 0.6) is 5.75 Å². The summed E-state index contributed by atoms with van der Waals surface area (Å²) in [7, 11) is 1.55. The third-order valence-corrected chi connectivity index (χ3v) is 6.51. The lowest BCUT2D eigenvalue weighted by Crippen LogP contribution is -2.40. The molecular weight excluding hydrogens is 448 g/mol. The standard InChI is InChI=1S/C23H23BrN2O4/c1-30-18-8-7-15(13-17(18)24)21(27)19-20(14-9-11-25-12-10-14)26(23(29)22(19)28)16-5-3-2-4-6-16/h7-13,16,20,27H,2-6H2,1H3/b21-19-. The highest BCUT2D eigenvalue weighted by Gasteiger charge is 2.48. The van der Waals surface area contributed by atoms with Crippen molar-refractivity contribution in [3.8, 4) is 5.75 Å². The molecule has 1 N–H and O–H groups in total. The van der Waals surface area contributed by atoms with E-state index in [0.717, 1.165) is 37.7 Å². The molecule has 1 saturated carbocycles. The molecule has 1 aromatic heterocycles. The van der Waals surface area contributed by atoms with E-state index in [-0.39, 0.29) is 17.4 Å². The van der Waals surface area contributed by atoms with Crippen LogP contribution in [-0.2, 0) is 9.59 Å². The van der Waals surface area contributed by atoms with E-state index in [1.807, 2.05) is 0 Å². The average Bonchev–Trinajstić information content (AvgIpc) is 3.05. The second-order valence-electron chi connectivity index (χ2n) is 7.63. The molecule has 1 unspecified atom stereocenters. The van der Waals surface area contributed by atoms with E-state index in [1.54, 1.807) is 54.7 Å². The van der Waals surface area contributed by atoms with Gasteiger partial charge in [-0.05, 0) is 64.7 Å². The molecule has 1 saturated heterocycles. The lowest BCUT2D eigenvalue weighted by atomic mass is 9.91. The third kappa shape index (κ3) is 3.62. The van der Waals surface area contributed by atoms with Gasteiger partial charge in [0, 0.05) is 24.0 Å². The number of hydrogen-bond donors (Lipinski definition) is 1. The van der Waals surface area contributed by atoms with Gasteiger partial charge in [-0.15, -0.1) is 0 Å². The molecule has 0 radical (unpaired) electrons. The zero-order chi connectivity index (χ0) is 21.3. The fourth-order valence-corrected chi connectivity index (χ4v) is 4.97. The van der Waals surface area contributed by atoms with E-state index in [4.69, 9.17) is 4.74 Å². The van der Waals surface area contributed by atoms with Crippen LogP contribution in [0.2, 0.25) is 0 Å². The minimum atomic E-state index is -0.646.